The molecule has 1 aromatic carbocycles. The minimum atomic E-state index is -0.382. The highest BCUT2D eigenvalue weighted by molar-refractivity contribution is 5.63. The van der Waals surface area contributed by atoms with Crippen LogP contribution in [0.1, 0.15) is 12.5 Å². The summed E-state index contributed by atoms with van der Waals surface area (Å²) in [6.45, 7) is 3.36. The summed E-state index contributed by atoms with van der Waals surface area (Å²) >= 11 is 0. The maximum Gasteiger partial charge on any atom is 0.273 e. The molecule has 0 spiro atoms. The van der Waals surface area contributed by atoms with Crippen molar-refractivity contribution in [3.05, 3.63) is 46.3 Å². The van der Waals surface area contributed by atoms with Crippen molar-refractivity contribution in [3.8, 4) is 0 Å². The van der Waals surface area contributed by atoms with Gasteiger partial charge in [-0.1, -0.05) is 0 Å². The Balaban J connectivity index is 2.02. The lowest BCUT2D eigenvalue weighted by Gasteiger charge is -2.09. The van der Waals surface area contributed by atoms with Crippen LogP contribution in [0.25, 0.3) is 0 Å². The second kappa shape index (κ2) is 6.74. The fourth-order valence-corrected chi connectivity index (χ4v) is 2.08. The largest absolute Gasteiger partial charge is 0.385 e. The third kappa shape index (κ3) is 4.20. The molecule has 7 nitrogen and oxygen atoms in total. The molecule has 0 saturated carbocycles. The predicted molar refractivity (Wildman–Crippen MR) is 82.7 cm³/mol. The van der Waals surface area contributed by atoms with Gasteiger partial charge in [-0.3, -0.25) is 14.8 Å². The second-order valence-electron chi connectivity index (χ2n) is 4.76. The van der Waals surface area contributed by atoms with E-state index in [1.807, 2.05) is 32.4 Å². The van der Waals surface area contributed by atoms with Crippen molar-refractivity contribution in [3.63, 3.8) is 0 Å². The van der Waals surface area contributed by atoms with E-state index in [-0.39, 0.29) is 10.6 Å². The lowest BCUT2D eigenvalue weighted by Crippen LogP contribution is -2.06. The fourth-order valence-electron chi connectivity index (χ4n) is 2.08. The lowest BCUT2D eigenvalue weighted by atomic mass is 10.2. The van der Waals surface area contributed by atoms with E-state index in [2.05, 4.69) is 15.7 Å². The summed E-state index contributed by atoms with van der Waals surface area (Å²) in [5.41, 5.74) is 2.69. The minimum Gasteiger partial charge on any atom is -0.385 e. The van der Waals surface area contributed by atoms with Crippen LogP contribution >= 0.6 is 0 Å². The smallest absolute Gasteiger partial charge is 0.273 e. The first-order valence-corrected chi connectivity index (χ1v) is 6.83. The van der Waals surface area contributed by atoms with Gasteiger partial charge in [0.2, 0.25) is 0 Å². The Morgan fingerprint density at radius 1 is 1.29 bits per heavy atom. The molecule has 0 bridgehead atoms. The van der Waals surface area contributed by atoms with Gasteiger partial charge in [-0.05, 0) is 25.0 Å². The predicted octanol–water partition coefficient (Wildman–Crippen LogP) is 2.41. The number of anilines is 2. The molecule has 21 heavy (non-hydrogen) atoms. The molecule has 0 unspecified atom stereocenters. The second-order valence-corrected chi connectivity index (χ2v) is 4.76. The van der Waals surface area contributed by atoms with Gasteiger partial charge in [0, 0.05) is 49.8 Å². The Bertz CT molecular complexity index is 624. The number of benzene rings is 1. The summed E-state index contributed by atoms with van der Waals surface area (Å²) in [6, 6.07) is 4.96. The molecular weight excluding hydrogens is 270 g/mol. The number of hydrogen-bond acceptors (Lipinski definition) is 5. The number of rotatable bonds is 7. The number of nitro benzene ring substituents is 1. The first-order chi connectivity index (χ1) is 10.1. The van der Waals surface area contributed by atoms with Crippen molar-refractivity contribution < 1.29 is 4.92 Å². The average molecular weight is 289 g/mol. The van der Waals surface area contributed by atoms with E-state index in [9.17, 15) is 10.1 Å². The first kappa shape index (κ1) is 14.8. The lowest BCUT2D eigenvalue weighted by molar-refractivity contribution is -0.384. The van der Waals surface area contributed by atoms with Gasteiger partial charge in [-0.2, -0.15) is 5.10 Å². The molecule has 0 aliphatic carbocycles. The van der Waals surface area contributed by atoms with Crippen LogP contribution in [0.4, 0.5) is 17.1 Å². The van der Waals surface area contributed by atoms with Crippen LogP contribution in [0.2, 0.25) is 0 Å². The molecule has 1 heterocycles. The molecule has 0 amide bonds. The molecule has 0 radical (unpaired) electrons. The van der Waals surface area contributed by atoms with Crippen LogP contribution in [0.15, 0.2) is 30.6 Å². The zero-order valence-electron chi connectivity index (χ0n) is 12.2. The van der Waals surface area contributed by atoms with E-state index in [0.717, 1.165) is 29.9 Å². The monoisotopic (exact) mass is 289 g/mol. The Kier molecular flexibility index (Phi) is 4.76. The molecule has 2 N–H and O–H groups in total. The van der Waals surface area contributed by atoms with Crippen molar-refractivity contribution in [1.82, 2.24) is 9.78 Å². The van der Waals surface area contributed by atoms with Gasteiger partial charge in [0.25, 0.3) is 5.69 Å². The summed E-state index contributed by atoms with van der Waals surface area (Å²) in [7, 11) is 1.88. The summed E-state index contributed by atoms with van der Waals surface area (Å²) < 4.78 is 1.76. The van der Waals surface area contributed by atoms with Crippen LogP contribution in [0.5, 0.6) is 0 Å². The number of non-ortho nitro benzene ring substituents is 1. The number of nitro groups is 1. The van der Waals surface area contributed by atoms with Crippen LogP contribution in [0, 0.1) is 10.1 Å². The zero-order chi connectivity index (χ0) is 15.2. The van der Waals surface area contributed by atoms with Crippen LogP contribution in [-0.4, -0.2) is 27.8 Å². The Morgan fingerprint density at radius 2 is 2.00 bits per heavy atom. The SMILES string of the molecule is CCNc1cc(NCCc2cnn(C)c2)cc([N+](=O)[O-])c1. The standard InChI is InChI=1S/C14H19N5O2/c1-3-15-12-6-13(8-14(7-12)19(20)21)16-5-4-11-9-17-18(2)10-11/h6-10,15-16H,3-5H2,1-2H3. The first-order valence-electron chi connectivity index (χ1n) is 6.83. The zero-order valence-corrected chi connectivity index (χ0v) is 12.2. The van der Waals surface area contributed by atoms with Crippen molar-refractivity contribution in [2.45, 2.75) is 13.3 Å². The van der Waals surface area contributed by atoms with E-state index < -0.39 is 0 Å². The van der Waals surface area contributed by atoms with Gasteiger partial charge in [0.1, 0.15) is 0 Å². The van der Waals surface area contributed by atoms with E-state index in [1.54, 1.807) is 10.7 Å². The van der Waals surface area contributed by atoms with E-state index in [1.165, 1.54) is 6.07 Å². The molecule has 0 saturated heterocycles. The normalized spacial score (nSPS) is 10.4. The molecule has 112 valence electrons. The molecular formula is C14H19N5O2. The van der Waals surface area contributed by atoms with E-state index >= 15 is 0 Å². The summed E-state index contributed by atoms with van der Waals surface area (Å²) in [5, 5.41) is 21.4. The molecule has 0 fully saturated rings. The number of nitrogens with one attached hydrogen (secondary N) is 2. The molecule has 1 aromatic heterocycles. The van der Waals surface area contributed by atoms with Gasteiger partial charge in [-0.25, -0.2) is 0 Å². The van der Waals surface area contributed by atoms with Crippen molar-refractivity contribution >= 4 is 17.1 Å². The Labute approximate surface area is 123 Å². The average Bonchev–Trinajstić information content (AvgIpc) is 2.84. The number of nitrogens with zero attached hydrogens (tertiary/aromatic N) is 3. The highest BCUT2D eigenvalue weighted by atomic mass is 16.6. The summed E-state index contributed by atoms with van der Waals surface area (Å²) in [5.74, 6) is 0. The molecule has 2 rings (SSSR count). The Hall–Kier alpha value is -2.57. The minimum absolute atomic E-state index is 0.0809. The maximum absolute atomic E-state index is 10.9. The quantitative estimate of drug-likeness (QED) is 0.604. The van der Waals surface area contributed by atoms with Crippen molar-refractivity contribution in [2.75, 3.05) is 23.7 Å². The summed E-state index contributed by atoms with van der Waals surface area (Å²) in [6.07, 6.45) is 4.59. The van der Waals surface area contributed by atoms with Crippen LogP contribution in [0.3, 0.4) is 0 Å². The molecule has 2 aromatic rings. The highest BCUT2D eigenvalue weighted by Crippen LogP contribution is 2.24. The number of aryl methyl sites for hydroxylation is 1. The van der Waals surface area contributed by atoms with Crippen molar-refractivity contribution in [1.29, 1.82) is 0 Å². The highest BCUT2D eigenvalue weighted by Gasteiger charge is 2.09. The fraction of sp³-hybridized carbons (Fsp3) is 0.357. The van der Waals surface area contributed by atoms with Crippen molar-refractivity contribution in [2.24, 2.45) is 7.05 Å². The maximum atomic E-state index is 10.9. The van der Waals surface area contributed by atoms with Gasteiger partial charge in [-0.15, -0.1) is 0 Å². The summed E-state index contributed by atoms with van der Waals surface area (Å²) in [4.78, 5) is 10.6. The molecule has 0 atom stereocenters. The van der Waals surface area contributed by atoms with E-state index in [4.69, 9.17) is 0 Å². The topological polar surface area (TPSA) is 85.0 Å². The number of aromatic nitrogens is 2. The third-order valence-electron chi connectivity index (χ3n) is 3.01. The van der Waals surface area contributed by atoms with Gasteiger partial charge >= 0.3 is 0 Å². The van der Waals surface area contributed by atoms with E-state index in [0.29, 0.717) is 6.54 Å². The van der Waals surface area contributed by atoms with Gasteiger partial charge in [0.05, 0.1) is 11.1 Å². The molecule has 7 heteroatoms. The van der Waals surface area contributed by atoms with Crippen LogP contribution < -0.4 is 10.6 Å². The van der Waals surface area contributed by atoms with Gasteiger partial charge in [0.15, 0.2) is 0 Å². The van der Waals surface area contributed by atoms with Gasteiger partial charge < -0.3 is 10.6 Å². The van der Waals surface area contributed by atoms with Crippen LogP contribution in [-0.2, 0) is 13.5 Å². The molecule has 0 aliphatic heterocycles. The Morgan fingerprint density at radius 3 is 2.57 bits per heavy atom. The third-order valence-corrected chi connectivity index (χ3v) is 3.01. The number of hydrogen-bond donors (Lipinski definition) is 2. The molecule has 0 aliphatic rings.